The van der Waals surface area contributed by atoms with Crippen LogP contribution in [0.25, 0.3) is 11.1 Å². The normalized spacial score (nSPS) is 13.0. The fraction of sp³-hybridized carbons (Fsp3) is 0.344. The van der Waals surface area contributed by atoms with E-state index in [4.69, 9.17) is 49.0 Å². The number of alkyl carbamates (subject to hydrolysis) is 2. The topological polar surface area (TPSA) is 103 Å². The van der Waals surface area contributed by atoms with Crippen molar-refractivity contribution in [3.05, 3.63) is 86.9 Å². The number of hydrogen-bond donors (Lipinski definition) is 2. The second-order valence-electron chi connectivity index (χ2n) is 11.1. The van der Waals surface area contributed by atoms with Gasteiger partial charge in [0.1, 0.15) is 18.2 Å². The molecule has 0 bridgehead atoms. The van der Waals surface area contributed by atoms with Crippen LogP contribution in [-0.2, 0) is 14.3 Å². The number of halogens is 3. The molecule has 0 fully saturated rings. The molecular formula is C32H33Cl3N2O6. The quantitative estimate of drug-likeness (QED) is 0.0996. The zero-order valence-corrected chi connectivity index (χ0v) is 26.3. The van der Waals surface area contributed by atoms with Gasteiger partial charge in [-0.3, -0.25) is 0 Å². The van der Waals surface area contributed by atoms with Gasteiger partial charge in [0.15, 0.2) is 5.75 Å². The molecule has 3 aromatic carbocycles. The molecule has 0 aromatic heterocycles. The lowest BCUT2D eigenvalue weighted by molar-refractivity contribution is -0.136. The first-order valence-electron chi connectivity index (χ1n) is 13.9. The average Bonchev–Trinajstić information content (AvgIpc) is 3.26. The van der Waals surface area contributed by atoms with Crippen molar-refractivity contribution in [2.24, 2.45) is 0 Å². The van der Waals surface area contributed by atoms with Crippen molar-refractivity contribution in [3.63, 3.8) is 0 Å². The van der Waals surface area contributed by atoms with Gasteiger partial charge in [-0.15, -0.1) is 0 Å². The maximum absolute atomic E-state index is 13.2. The Kier molecular flexibility index (Phi) is 10.8. The zero-order chi connectivity index (χ0) is 31.1. The summed E-state index contributed by atoms with van der Waals surface area (Å²) in [5, 5.41) is 5.76. The van der Waals surface area contributed by atoms with Crippen LogP contribution in [0.15, 0.2) is 60.7 Å². The molecule has 43 heavy (non-hydrogen) atoms. The van der Waals surface area contributed by atoms with E-state index in [2.05, 4.69) is 10.6 Å². The number of amides is 2. The molecule has 0 saturated heterocycles. The van der Waals surface area contributed by atoms with E-state index < -0.39 is 29.8 Å². The smallest absolute Gasteiger partial charge is 0.407 e. The molecule has 8 nitrogen and oxygen atoms in total. The fourth-order valence-corrected chi connectivity index (χ4v) is 5.35. The minimum atomic E-state index is -1.07. The van der Waals surface area contributed by atoms with Crippen molar-refractivity contribution in [1.82, 2.24) is 10.6 Å². The molecule has 0 spiro atoms. The van der Waals surface area contributed by atoms with Crippen LogP contribution in [-0.4, -0.2) is 43.0 Å². The lowest BCUT2D eigenvalue weighted by Crippen LogP contribution is -2.43. The standard InChI is InChI=1S/C32H33Cl3N2O6/c1-32(2,3)43-30(39)36-15-9-8-14-27(29(38)42-28-17-25(34)24(33)16-26(28)35)37-31(40)41-18-23-21-12-6-4-10-19(21)20-11-5-7-13-22(20)23/h4-7,10-13,16-17,23,27H,8-9,14-15,18H2,1-3H3,(H,36,39)(H,37,40)/t27-/m0/s1. The summed E-state index contributed by atoms with van der Waals surface area (Å²) in [6.07, 6.45) is -0.111. The van der Waals surface area contributed by atoms with Crippen LogP contribution in [0.1, 0.15) is 57.1 Å². The second kappa shape index (κ2) is 14.3. The first-order chi connectivity index (χ1) is 20.4. The number of esters is 1. The fourth-order valence-electron chi connectivity index (χ4n) is 4.77. The molecule has 0 unspecified atom stereocenters. The number of benzene rings is 3. The third kappa shape index (κ3) is 8.78. The third-order valence-electron chi connectivity index (χ3n) is 6.69. The van der Waals surface area contributed by atoms with E-state index in [0.29, 0.717) is 19.4 Å². The van der Waals surface area contributed by atoms with Crippen LogP contribution in [0.2, 0.25) is 15.1 Å². The molecule has 2 amide bonds. The molecule has 228 valence electrons. The summed E-state index contributed by atoms with van der Waals surface area (Å²) in [6.45, 7) is 5.73. The number of fused-ring (bicyclic) bond motifs is 3. The van der Waals surface area contributed by atoms with Gasteiger partial charge in [0.25, 0.3) is 0 Å². The molecule has 4 rings (SSSR count). The van der Waals surface area contributed by atoms with Crippen LogP contribution in [0.5, 0.6) is 5.75 Å². The maximum Gasteiger partial charge on any atom is 0.407 e. The van der Waals surface area contributed by atoms with Gasteiger partial charge < -0.3 is 24.8 Å². The van der Waals surface area contributed by atoms with E-state index in [1.807, 2.05) is 48.5 Å². The van der Waals surface area contributed by atoms with Crippen LogP contribution in [0.3, 0.4) is 0 Å². The molecule has 0 saturated carbocycles. The van der Waals surface area contributed by atoms with Gasteiger partial charge in [0.2, 0.25) is 0 Å². The van der Waals surface area contributed by atoms with Gasteiger partial charge in [-0.2, -0.15) is 0 Å². The third-order valence-corrected chi connectivity index (χ3v) is 7.71. The Morgan fingerprint density at radius 2 is 1.44 bits per heavy atom. The highest BCUT2D eigenvalue weighted by atomic mass is 35.5. The molecule has 2 N–H and O–H groups in total. The summed E-state index contributed by atoms with van der Waals surface area (Å²) in [6, 6.07) is 17.6. The van der Waals surface area contributed by atoms with Crippen molar-refractivity contribution in [2.75, 3.05) is 13.2 Å². The van der Waals surface area contributed by atoms with Gasteiger partial charge >= 0.3 is 18.2 Å². The van der Waals surface area contributed by atoms with Crippen LogP contribution in [0.4, 0.5) is 9.59 Å². The number of carbonyl (C=O) groups is 3. The Morgan fingerprint density at radius 1 is 0.837 bits per heavy atom. The van der Waals surface area contributed by atoms with Gasteiger partial charge in [0, 0.05) is 18.5 Å². The summed E-state index contributed by atoms with van der Waals surface area (Å²) in [7, 11) is 0. The highest BCUT2D eigenvalue weighted by Gasteiger charge is 2.30. The van der Waals surface area contributed by atoms with Crippen LogP contribution < -0.4 is 15.4 Å². The largest absolute Gasteiger partial charge is 0.449 e. The molecule has 11 heteroatoms. The van der Waals surface area contributed by atoms with Crippen LogP contribution in [0, 0.1) is 0 Å². The van der Waals surface area contributed by atoms with Crippen LogP contribution >= 0.6 is 34.8 Å². The Labute approximate surface area is 265 Å². The van der Waals surface area contributed by atoms with Gasteiger partial charge in [0.05, 0.1) is 15.1 Å². The number of nitrogens with one attached hydrogen (secondary N) is 2. The Balaban J connectivity index is 1.39. The predicted molar refractivity (Wildman–Crippen MR) is 167 cm³/mol. The average molecular weight is 648 g/mol. The first kappa shape index (κ1) is 32.5. The van der Waals surface area contributed by atoms with E-state index in [9.17, 15) is 14.4 Å². The Morgan fingerprint density at radius 3 is 2.07 bits per heavy atom. The monoisotopic (exact) mass is 646 g/mol. The number of rotatable bonds is 10. The molecule has 3 aromatic rings. The molecule has 0 heterocycles. The molecule has 0 radical (unpaired) electrons. The van der Waals surface area contributed by atoms with E-state index in [1.165, 1.54) is 12.1 Å². The number of hydrogen-bond acceptors (Lipinski definition) is 6. The van der Waals surface area contributed by atoms with Crippen molar-refractivity contribution in [3.8, 4) is 16.9 Å². The highest BCUT2D eigenvalue weighted by molar-refractivity contribution is 6.43. The minimum absolute atomic E-state index is 0.00648. The summed E-state index contributed by atoms with van der Waals surface area (Å²) in [4.78, 5) is 38.1. The SMILES string of the molecule is CC(C)(C)OC(=O)NCCCC[C@H](NC(=O)OCC1c2ccccc2-c2ccccc21)C(=O)Oc1cc(Cl)c(Cl)cc1Cl. The summed E-state index contributed by atoms with van der Waals surface area (Å²) in [5.41, 5.74) is 3.73. The van der Waals surface area contributed by atoms with Crippen molar-refractivity contribution in [2.45, 2.75) is 57.6 Å². The highest BCUT2D eigenvalue weighted by Crippen LogP contribution is 2.44. The van der Waals surface area contributed by atoms with E-state index in [0.717, 1.165) is 22.3 Å². The first-order valence-corrected chi connectivity index (χ1v) is 15.0. The molecular weight excluding hydrogens is 615 g/mol. The van der Waals surface area contributed by atoms with Crippen molar-refractivity contribution >= 4 is 53.0 Å². The van der Waals surface area contributed by atoms with E-state index in [-0.39, 0.29) is 39.8 Å². The second-order valence-corrected chi connectivity index (χ2v) is 12.3. The van der Waals surface area contributed by atoms with Gasteiger partial charge in [-0.05, 0) is 68.4 Å². The zero-order valence-electron chi connectivity index (χ0n) is 24.0. The molecule has 1 atom stereocenters. The van der Waals surface area contributed by atoms with Gasteiger partial charge in [-0.1, -0.05) is 83.3 Å². The Hall–Kier alpha value is -3.46. The molecule has 1 aliphatic rings. The van der Waals surface area contributed by atoms with Crippen molar-refractivity contribution < 1.29 is 28.6 Å². The lowest BCUT2D eigenvalue weighted by Gasteiger charge is -2.20. The van der Waals surface area contributed by atoms with Crippen molar-refractivity contribution in [1.29, 1.82) is 0 Å². The minimum Gasteiger partial charge on any atom is -0.449 e. The lowest BCUT2D eigenvalue weighted by atomic mass is 9.98. The molecule has 1 aliphatic carbocycles. The predicted octanol–water partition coefficient (Wildman–Crippen LogP) is 8.15. The molecule has 0 aliphatic heterocycles. The summed E-state index contributed by atoms with van der Waals surface area (Å²) in [5.74, 6) is -0.890. The maximum atomic E-state index is 13.2. The Bertz CT molecular complexity index is 1440. The number of carbonyl (C=O) groups excluding carboxylic acids is 3. The van der Waals surface area contributed by atoms with Gasteiger partial charge in [-0.25, -0.2) is 14.4 Å². The summed E-state index contributed by atoms with van der Waals surface area (Å²) < 4.78 is 16.4. The van der Waals surface area contributed by atoms with E-state index >= 15 is 0 Å². The number of unbranched alkanes of at least 4 members (excludes halogenated alkanes) is 1. The summed E-state index contributed by atoms with van der Waals surface area (Å²) >= 11 is 18.3. The number of ether oxygens (including phenoxy) is 3. The van der Waals surface area contributed by atoms with E-state index in [1.54, 1.807) is 20.8 Å².